The van der Waals surface area contributed by atoms with E-state index in [9.17, 15) is 23.6 Å². The van der Waals surface area contributed by atoms with Crippen molar-refractivity contribution in [2.24, 2.45) is 0 Å². The number of aliphatic hydroxyl groups is 4. The minimum absolute atomic E-state index is 0.0818. The molecule has 0 aromatic carbocycles. The van der Waals surface area contributed by atoms with Crippen LogP contribution in [0.25, 0.3) is 0 Å². The van der Waals surface area contributed by atoms with Crippen LogP contribution in [0.3, 0.4) is 0 Å². The van der Waals surface area contributed by atoms with Gasteiger partial charge in [0, 0.05) is 6.42 Å². The summed E-state index contributed by atoms with van der Waals surface area (Å²) in [5.41, 5.74) is 0. The first-order chi connectivity index (χ1) is 7.64. The van der Waals surface area contributed by atoms with Crippen molar-refractivity contribution in [3.05, 3.63) is 0 Å². The Balaban J connectivity index is 4.81. The van der Waals surface area contributed by atoms with Gasteiger partial charge in [0.05, 0.1) is 18.9 Å². The van der Waals surface area contributed by atoms with Crippen LogP contribution in [0, 0.1) is 0 Å². The summed E-state index contributed by atoms with van der Waals surface area (Å²) in [6, 6.07) is 0. The topological polar surface area (TPSA) is 98.0 Å². The average Bonchev–Trinajstić information content (AvgIpc) is 2.25. The minimum Gasteiger partial charge on any atom is -0.389 e. The van der Waals surface area contributed by atoms with E-state index < -0.39 is 44.1 Å². The highest BCUT2D eigenvalue weighted by Crippen LogP contribution is 2.49. The van der Waals surface area contributed by atoms with Gasteiger partial charge >= 0.3 is 5.92 Å². The lowest BCUT2D eigenvalue weighted by molar-refractivity contribution is -0.284. The van der Waals surface area contributed by atoms with Crippen molar-refractivity contribution in [1.82, 2.24) is 0 Å². The molecular formula is C9H19F2O5P. The monoisotopic (exact) mass is 276 g/mol. The standard InChI is InChI=1S/C9H19F2O5P/c1-2-3-4-8(10,11)9(14,15)5-17(16,6-12)7-13/h12-15H,2-7H2,1H3. The molecule has 0 bridgehead atoms. The molecule has 0 fully saturated rings. The summed E-state index contributed by atoms with van der Waals surface area (Å²) in [6.45, 7) is 1.67. The van der Waals surface area contributed by atoms with Gasteiger partial charge in [-0.15, -0.1) is 0 Å². The Morgan fingerprint density at radius 1 is 1.18 bits per heavy atom. The number of rotatable bonds is 8. The van der Waals surface area contributed by atoms with Gasteiger partial charge < -0.3 is 25.0 Å². The summed E-state index contributed by atoms with van der Waals surface area (Å²) in [6.07, 6.45) is -3.55. The molecule has 0 radical (unpaired) electrons. The third-order valence-electron chi connectivity index (χ3n) is 2.45. The maximum atomic E-state index is 13.4. The Labute approximate surface area is 98.5 Å². The second-order valence-electron chi connectivity index (χ2n) is 4.12. The normalized spacial score (nSPS) is 14.1. The number of halogens is 2. The number of aliphatic hydroxyl groups excluding tert-OH is 2. The molecule has 0 rings (SSSR count). The quantitative estimate of drug-likeness (QED) is 0.387. The molecule has 0 aliphatic carbocycles. The van der Waals surface area contributed by atoms with Crippen molar-refractivity contribution in [3.8, 4) is 0 Å². The summed E-state index contributed by atoms with van der Waals surface area (Å²) in [7, 11) is -3.80. The second kappa shape index (κ2) is 6.20. The first kappa shape index (κ1) is 16.9. The van der Waals surface area contributed by atoms with Gasteiger partial charge in [-0.1, -0.05) is 13.3 Å². The van der Waals surface area contributed by atoms with E-state index in [0.29, 0.717) is 6.42 Å². The molecule has 0 aromatic heterocycles. The van der Waals surface area contributed by atoms with E-state index in [2.05, 4.69) is 0 Å². The predicted molar refractivity (Wildman–Crippen MR) is 58.3 cm³/mol. The van der Waals surface area contributed by atoms with Crippen LogP contribution in [0.4, 0.5) is 8.78 Å². The molecule has 0 spiro atoms. The van der Waals surface area contributed by atoms with Crippen molar-refractivity contribution < 1.29 is 33.8 Å². The number of hydrogen-bond acceptors (Lipinski definition) is 5. The Hall–Kier alpha value is -0.0700. The van der Waals surface area contributed by atoms with Crippen molar-refractivity contribution >= 4 is 7.14 Å². The summed E-state index contributed by atoms with van der Waals surface area (Å²) in [5, 5.41) is 36.0. The van der Waals surface area contributed by atoms with Gasteiger partial charge in [0.2, 0.25) is 5.79 Å². The van der Waals surface area contributed by atoms with Crippen molar-refractivity contribution in [2.75, 3.05) is 18.9 Å². The summed E-state index contributed by atoms with van der Waals surface area (Å²) < 4.78 is 38.3. The first-order valence-corrected chi connectivity index (χ1v) is 7.52. The molecule has 17 heavy (non-hydrogen) atoms. The van der Waals surface area contributed by atoms with Crippen LogP contribution in [0.2, 0.25) is 0 Å². The van der Waals surface area contributed by atoms with E-state index in [1.54, 1.807) is 6.92 Å². The van der Waals surface area contributed by atoms with Crippen LogP contribution < -0.4 is 0 Å². The maximum Gasteiger partial charge on any atom is 0.300 e. The van der Waals surface area contributed by atoms with Crippen LogP contribution >= 0.6 is 7.14 Å². The van der Waals surface area contributed by atoms with Gasteiger partial charge in [0.25, 0.3) is 0 Å². The van der Waals surface area contributed by atoms with Crippen LogP contribution in [0.5, 0.6) is 0 Å². The molecule has 104 valence electrons. The van der Waals surface area contributed by atoms with E-state index in [0.717, 1.165) is 0 Å². The van der Waals surface area contributed by atoms with Crippen LogP contribution in [0.1, 0.15) is 26.2 Å². The fourth-order valence-electron chi connectivity index (χ4n) is 1.26. The Morgan fingerprint density at radius 3 is 2.00 bits per heavy atom. The molecule has 0 aromatic rings. The predicted octanol–water partition coefficient (Wildman–Crippen LogP) is 0.755. The fourth-order valence-corrected chi connectivity index (χ4v) is 2.59. The second-order valence-corrected chi connectivity index (χ2v) is 7.12. The summed E-state index contributed by atoms with van der Waals surface area (Å²) in [5.74, 6) is -7.31. The minimum atomic E-state index is -3.83. The maximum absolute atomic E-state index is 13.4. The van der Waals surface area contributed by atoms with Crippen molar-refractivity contribution in [3.63, 3.8) is 0 Å². The summed E-state index contributed by atoms with van der Waals surface area (Å²) >= 11 is 0. The zero-order valence-corrected chi connectivity index (χ0v) is 10.5. The highest BCUT2D eigenvalue weighted by atomic mass is 31.2. The first-order valence-electron chi connectivity index (χ1n) is 5.25. The Kier molecular flexibility index (Phi) is 6.18. The molecule has 0 saturated heterocycles. The fraction of sp³-hybridized carbons (Fsp3) is 1.00. The molecular weight excluding hydrogens is 257 g/mol. The molecule has 0 aliphatic rings. The number of hydrogen-bond donors (Lipinski definition) is 4. The van der Waals surface area contributed by atoms with Crippen LogP contribution in [-0.4, -0.2) is 51.0 Å². The molecule has 4 N–H and O–H groups in total. The van der Waals surface area contributed by atoms with Crippen LogP contribution in [-0.2, 0) is 4.57 Å². The largest absolute Gasteiger partial charge is 0.389 e. The summed E-state index contributed by atoms with van der Waals surface area (Å²) in [4.78, 5) is 0. The van der Waals surface area contributed by atoms with Gasteiger partial charge in [-0.05, 0) is 6.42 Å². The molecule has 5 nitrogen and oxygen atoms in total. The molecule has 0 saturated carbocycles. The van der Waals surface area contributed by atoms with E-state index >= 15 is 0 Å². The molecule has 0 unspecified atom stereocenters. The molecule has 0 amide bonds. The smallest absolute Gasteiger partial charge is 0.300 e. The van der Waals surface area contributed by atoms with E-state index in [1.807, 2.05) is 0 Å². The molecule has 8 heteroatoms. The third-order valence-corrected chi connectivity index (χ3v) is 4.50. The van der Waals surface area contributed by atoms with E-state index in [-0.39, 0.29) is 6.42 Å². The van der Waals surface area contributed by atoms with Gasteiger partial charge in [0.1, 0.15) is 7.14 Å². The molecule has 0 aliphatic heterocycles. The van der Waals surface area contributed by atoms with Gasteiger partial charge in [-0.3, -0.25) is 0 Å². The highest BCUT2D eigenvalue weighted by Gasteiger charge is 2.53. The lowest BCUT2D eigenvalue weighted by atomic mass is 10.0. The SMILES string of the molecule is CCCCC(F)(F)C(O)(O)CP(=O)(CO)CO. The Morgan fingerprint density at radius 2 is 1.65 bits per heavy atom. The van der Waals surface area contributed by atoms with Crippen LogP contribution in [0.15, 0.2) is 0 Å². The lowest BCUT2D eigenvalue weighted by Crippen LogP contribution is -2.51. The van der Waals surface area contributed by atoms with Crippen molar-refractivity contribution in [1.29, 1.82) is 0 Å². The highest BCUT2D eigenvalue weighted by molar-refractivity contribution is 7.63. The number of unbranched alkanes of at least 4 members (excludes halogenated alkanes) is 1. The number of alkyl halides is 2. The van der Waals surface area contributed by atoms with Gasteiger partial charge in [-0.25, -0.2) is 8.78 Å². The Bertz CT molecular complexity index is 275. The molecule has 0 atom stereocenters. The van der Waals surface area contributed by atoms with Gasteiger partial charge in [-0.2, -0.15) is 0 Å². The zero-order chi connectivity index (χ0) is 13.7. The van der Waals surface area contributed by atoms with Crippen molar-refractivity contribution in [2.45, 2.75) is 37.9 Å². The van der Waals surface area contributed by atoms with E-state index in [4.69, 9.17) is 10.2 Å². The average molecular weight is 276 g/mol. The molecule has 0 heterocycles. The third kappa shape index (κ3) is 4.60. The van der Waals surface area contributed by atoms with Gasteiger partial charge in [0.15, 0.2) is 0 Å². The lowest BCUT2D eigenvalue weighted by Gasteiger charge is -2.32. The van der Waals surface area contributed by atoms with E-state index in [1.165, 1.54) is 0 Å². The zero-order valence-electron chi connectivity index (χ0n) is 9.64.